The molecule has 0 aliphatic carbocycles. The van der Waals surface area contributed by atoms with Gasteiger partial charge < -0.3 is 10.0 Å². The number of carbonyl (C=O) groups is 1. The van der Waals surface area contributed by atoms with E-state index in [-0.39, 0.29) is 24.8 Å². The molecule has 0 spiro atoms. The second-order valence-corrected chi connectivity index (χ2v) is 5.99. The van der Waals surface area contributed by atoms with Crippen LogP contribution in [-0.4, -0.2) is 34.6 Å². The molecule has 1 rings (SSSR count). The summed E-state index contributed by atoms with van der Waals surface area (Å²) in [6.45, 7) is 7.51. The van der Waals surface area contributed by atoms with E-state index in [1.807, 2.05) is 6.92 Å². The molecule has 1 unspecified atom stereocenters. The van der Waals surface area contributed by atoms with Gasteiger partial charge in [0.1, 0.15) is 11.6 Å². The molecule has 1 atom stereocenters. The first-order chi connectivity index (χ1) is 9.64. The minimum absolute atomic E-state index is 0.118. The van der Waals surface area contributed by atoms with E-state index in [0.29, 0.717) is 12.1 Å². The Morgan fingerprint density at radius 3 is 2.48 bits per heavy atom. The fourth-order valence-electron chi connectivity index (χ4n) is 2.25. The average molecular weight is 299 g/mol. The topological polar surface area (TPSA) is 40.5 Å². The van der Waals surface area contributed by atoms with Crippen LogP contribution in [0.2, 0.25) is 0 Å². The molecule has 3 nitrogen and oxygen atoms in total. The highest BCUT2D eigenvalue weighted by Gasteiger charge is 2.23. The van der Waals surface area contributed by atoms with Crippen LogP contribution in [0, 0.1) is 11.6 Å². The van der Waals surface area contributed by atoms with Gasteiger partial charge in [-0.1, -0.05) is 13.0 Å². The number of carbonyl (C=O) groups excluding carboxylic acids is 1. The maximum Gasteiger partial charge on any atom is 0.223 e. The normalized spacial score (nSPS) is 13.1. The van der Waals surface area contributed by atoms with Crippen LogP contribution >= 0.6 is 0 Å². The Labute approximate surface area is 124 Å². The Balaban J connectivity index is 2.76. The summed E-state index contributed by atoms with van der Waals surface area (Å²) < 4.78 is 26.6. The molecule has 0 heterocycles. The van der Waals surface area contributed by atoms with E-state index >= 15 is 0 Å². The van der Waals surface area contributed by atoms with E-state index in [1.54, 1.807) is 20.8 Å². The molecule has 118 valence electrons. The van der Waals surface area contributed by atoms with Gasteiger partial charge in [-0.3, -0.25) is 4.79 Å². The number of amides is 1. The van der Waals surface area contributed by atoms with Crippen molar-refractivity contribution in [3.05, 3.63) is 35.4 Å². The average Bonchev–Trinajstić information content (AvgIpc) is 2.34. The van der Waals surface area contributed by atoms with Crippen molar-refractivity contribution in [2.24, 2.45) is 0 Å². The van der Waals surface area contributed by atoms with Crippen molar-refractivity contribution in [3.8, 4) is 0 Å². The monoisotopic (exact) mass is 299 g/mol. The second kappa shape index (κ2) is 6.98. The lowest BCUT2D eigenvalue weighted by Crippen LogP contribution is -2.42. The lowest BCUT2D eigenvalue weighted by atomic mass is 9.96. The zero-order valence-corrected chi connectivity index (χ0v) is 13.0. The number of rotatable bonds is 6. The Kier molecular flexibility index (Phi) is 5.84. The van der Waals surface area contributed by atoms with Crippen LogP contribution in [0.25, 0.3) is 0 Å². The van der Waals surface area contributed by atoms with Crippen LogP contribution < -0.4 is 0 Å². The fourth-order valence-corrected chi connectivity index (χ4v) is 2.25. The Morgan fingerprint density at radius 1 is 1.38 bits per heavy atom. The molecular formula is C16H23F2NO2. The molecule has 0 saturated heterocycles. The number of benzene rings is 1. The SMILES string of the molecule is CCN(CC(C)(C)O)C(=O)CC(C)c1ccc(F)cc1F. The summed E-state index contributed by atoms with van der Waals surface area (Å²) in [5.41, 5.74) is -0.653. The van der Waals surface area contributed by atoms with Crippen molar-refractivity contribution in [2.75, 3.05) is 13.1 Å². The summed E-state index contributed by atoms with van der Waals surface area (Å²) in [7, 11) is 0. The maximum atomic E-state index is 13.7. The fraction of sp³-hybridized carbons (Fsp3) is 0.562. The summed E-state index contributed by atoms with van der Waals surface area (Å²) >= 11 is 0. The van der Waals surface area contributed by atoms with Gasteiger partial charge in [0.25, 0.3) is 0 Å². The summed E-state index contributed by atoms with van der Waals surface area (Å²) in [5.74, 6) is -1.78. The second-order valence-electron chi connectivity index (χ2n) is 5.99. The molecule has 5 heteroatoms. The standard InChI is InChI=1S/C16H23F2NO2/c1-5-19(10-16(3,4)21)15(20)8-11(2)13-7-6-12(17)9-14(13)18/h6-7,9,11,21H,5,8,10H2,1-4H3. The maximum absolute atomic E-state index is 13.7. The van der Waals surface area contributed by atoms with E-state index < -0.39 is 17.2 Å². The van der Waals surface area contributed by atoms with Crippen LogP contribution in [0.1, 0.15) is 45.6 Å². The molecule has 21 heavy (non-hydrogen) atoms. The minimum Gasteiger partial charge on any atom is -0.389 e. The highest BCUT2D eigenvalue weighted by atomic mass is 19.1. The molecule has 0 aromatic heterocycles. The van der Waals surface area contributed by atoms with Gasteiger partial charge in [0.2, 0.25) is 5.91 Å². The van der Waals surface area contributed by atoms with Crippen LogP contribution in [0.3, 0.4) is 0 Å². The number of hydrogen-bond donors (Lipinski definition) is 1. The number of halogens is 2. The molecule has 1 N–H and O–H groups in total. The molecule has 0 saturated carbocycles. The van der Waals surface area contributed by atoms with Gasteiger partial charge in [0, 0.05) is 25.6 Å². The number of hydrogen-bond acceptors (Lipinski definition) is 2. The van der Waals surface area contributed by atoms with Gasteiger partial charge in [0.05, 0.1) is 5.60 Å². The molecule has 1 aromatic rings. The summed E-state index contributed by atoms with van der Waals surface area (Å²) in [6.07, 6.45) is 0.118. The third kappa shape index (κ3) is 5.42. The van der Waals surface area contributed by atoms with Crippen molar-refractivity contribution >= 4 is 5.91 Å². The predicted molar refractivity (Wildman–Crippen MR) is 77.9 cm³/mol. The van der Waals surface area contributed by atoms with Crippen molar-refractivity contribution in [2.45, 2.75) is 45.6 Å². The lowest BCUT2D eigenvalue weighted by molar-refractivity contribution is -0.134. The van der Waals surface area contributed by atoms with Gasteiger partial charge in [-0.2, -0.15) is 0 Å². The first kappa shape index (κ1) is 17.6. The Hall–Kier alpha value is -1.49. The van der Waals surface area contributed by atoms with Gasteiger partial charge in [-0.25, -0.2) is 8.78 Å². The van der Waals surface area contributed by atoms with Crippen molar-refractivity contribution in [3.63, 3.8) is 0 Å². The smallest absolute Gasteiger partial charge is 0.223 e. The van der Waals surface area contributed by atoms with Gasteiger partial charge >= 0.3 is 0 Å². The number of nitrogens with zero attached hydrogens (tertiary/aromatic N) is 1. The summed E-state index contributed by atoms with van der Waals surface area (Å²) in [5, 5.41) is 9.80. The minimum atomic E-state index is -0.976. The van der Waals surface area contributed by atoms with Gasteiger partial charge in [-0.15, -0.1) is 0 Å². The van der Waals surface area contributed by atoms with E-state index in [4.69, 9.17) is 0 Å². The van der Waals surface area contributed by atoms with Crippen molar-refractivity contribution in [1.29, 1.82) is 0 Å². The largest absolute Gasteiger partial charge is 0.389 e. The molecule has 0 bridgehead atoms. The predicted octanol–water partition coefficient (Wildman–Crippen LogP) is 3.08. The quantitative estimate of drug-likeness (QED) is 0.877. The van der Waals surface area contributed by atoms with E-state index in [1.165, 1.54) is 17.0 Å². The summed E-state index contributed by atoms with van der Waals surface area (Å²) in [4.78, 5) is 13.8. The first-order valence-electron chi connectivity index (χ1n) is 7.09. The summed E-state index contributed by atoms with van der Waals surface area (Å²) in [6, 6.07) is 3.38. The highest BCUT2D eigenvalue weighted by Crippen LogP contribution is 2.24. The zero-order chi connectivity index (χ0) is 16.2. The third-order valence-corrected chi connectivity index (χ3v) is 3.29. The van der Waals surface area contributed by atoms with Crippen LogP contribution in [-0.2, 0) is 4.79 Å². The van der Waals surface area contributed by atoms with Crippen molar-refractivity contribution in [1.82, 2.24) is 4.90 Å². The van der Waals surface area contributed by atoms with Crippen LogP contribution in [0.15, 0.2) is 18.2 Å². The van der Waals surface area contributed by atoms with E-state index in [9.17, 15) is 18.7 Å². The molecule has 0 aliphatic rings. The van der Waals surface area contributed by atoms with Crippen molar-refractivity contribution < 1.29 is 18.7 Å². The van der Waals surface area contributed by atoms with Gasteiger partial charge in [-0.05, 0) is 38.3 Å². The molecule has 0 fully saturated rings. The van der Waals surface area contributed by atoms with E-state index in [0.717, 1.165) is 6.07 Å². The third-order valence-electron chi connectivity index (χ3n) is 3.29. The van der Waals surface area contributed by atoms with E-state index in [2.05, 4.69) is 0 Å². The van der Waals surface area contributed by atoms with Gasteiger partial charge in [0.15, 0.2) is 0 Å². The molecule has 0 radical (unpaired) electrons. The molecule has 0 aliphatic heterocycles. The lowest BCUT2D eigenvalue weighted by Gasteiger charge is -2.29. The Morgan fingerprint density at radius 2 is 2.00 bits per heavy atom. The number of aliphatic hydroxyl groups is 1. The first-order valence-corrected chi connectivity index (χ1v) is 7.09. The number of likely N-dealkylation sites (N-methyl/N-ethyl adjacent to an activating group) is 1. The molecule has 1 amide bonds. The molecule has 1 aromatic carbocycles. The highest BCUT2D eigenvalue weighted by molar-refractivity contribution is 5.77. The Bertz CT molecular complexity index is 498. The zero-order valence-electron chi connectivity index (χ0n) is 13.0. The van der Waals surface area contributed by atoms with Crippen LogP contribution in [0.5, 0.6) is 0 Å². The molecular weight excluding hydrogens is 276 g/mol. The van der Waals surface area contributed by atoms with Crippen LogP contribution in [0.4, 0.5) is 8.78 Å².